The number of carbonyl (C=O) groups is 2. The SMILES string of the molecule is COc1ccc(C=O)cc1N=Nc1cccc(N=Nc2cc(C=O)ccc2OC)n1.O.O.[Cl-].[Cl-].[Co+2]. The second-order valence-corrected chi connectivity index (χ2v) is 5.85. The number of carbonyl (C=O) groups excluding carboxylic acids is 2. The molecule has 0 unspecified atom stereocenters. The predicted molar refractivity (Wildman–Crippen MR) is 117 cm³/mol. The van der Waals surface area contributed by atoms with E-state index in [0.29, 0.717) is 58.2 Å². The van der Waals surface area contributed by atoms with Crippen LogP contribution in [-0.4, -0.2) is 42.7 Å². The maximum absolute atomic E-state index is 11.0. The third kappa shape index (κ3) is 9.86. The standard InChI is InChI=1S/C21H17N5O4.2ClH.Co.2H2O/c1-29-18-8-6-14(12-27)10-16(18)23-25-20-4-3-5-21(22-20)26-24-17-11-15(13-28)7-9-19(17)30-2;;;;;/h3-13H,1-2H3;2*1H;;2*1H2/q;;;+2;;/p-2. The Labute approximate surface area is 223 Å². The monoisotopic (exact) mass is 568 g/mol. The zero-order valence-corrected chi connectivity index (χ0v) is 20.9. The molecular weight excluding hydrogens is 548 g/mol. The fraction of sp³-hybridized carbons (Fsp3) is 0.0952. The Kier molecular flexibility index (Phi) is 18.8. The second kappa shape index (κ2) is 18.1. The number of ether oxygens (including phenoxy) is 2. The van der Waals surface area contributed by atoms with Crippen LogP contribution in [0.15, 0.2) is 75.1 Å². The molecule has 0 aliphatic rings. The molecule has 0 fully saturated rings. The smallest absolute Gasteiger partial charge is 1.00 e. The van der Waals surface area contributed by atoms with Gasteiger partial charge >= 0.3 is 16.8 Å². The van der Waals surface area contributed by atoms with E-state index in [4.69, 9.17) is 9.47 Å². The number of pyridine rings is 1. The number of hydrogen-bond donors (Lipinski definition) is 0. The zero-order valence-electron chi connectivity index (χ0n) is 18.3. The molecule has 35 heavy (non-hydrogen) atoms. The van der Waals surface area contributed by atoms with E-state index in [2.05, 4.69) is 25.4 Å². The molecule has 0 bridgehead atoms. The van der Waals surface area contributed by atoms with Crippen LogP contribution in [0.3, 0.4) is 0 Å². The van der Waals surface area contributed by atoms with Gasteiger partial charge in [0.2, 0.25) is 0 Å². The van der Waals surface area contributed by atoms with Gasteiger partial charge in [-0.05, 0) is 48.5 Å². The Hall–Kier alpha value is -3.26. The van der Waals surface area contributed by atoms with Gasteiger partial charge in [0.15, 0.2) is 11.6 Å². The number of hydrogen-bond acceptors (Lipinski definition) is 9. The molecule has 3 aromatic rings. The molecule has 3 rings (SSSR count). The van der Waals surface area contributed by atoms with E-state index >= 15 is 0 Å². The zero-order chi connectivity index (χ0) is 21.3. The Bertz CT molecular complexity index is 1070. The fourth-order valence-corrected chi connectivity index (χ4v) is 2.45. The summed E-state index contributed by atoms with van der Waals surface area (Å²) in [6.45, 7) is 0. The van der Waals surface area contributed by atoms with E-state index in [-0.39, 0.29) is 52.5 Å². The van der Waals surface area contributed by atoms with Crippen LogP contribution in [0.5, 0.6) is 11.5 Å². The number of azo groups is 2. The third-order valence-electron chi connectivity index (χ3n) is 3.92. The molecule has 0 saturated carbocycles. The summed E-state index contributed by atoms with van der Waals surface area (Å²) >= 11 is 0. The van der Waals surface area contributed by atoms with Crippen LogP contribution in [-0.2, 0) is 16.8 Å². The van der Waals surface area contributed by atoms with Crippen LogP contribution in [0.1, 0.15) is 20.7 Å². The molecule has 1 heterocycles. The molecule has 0 aliphatic carbocycles. The van der Waals surface area contributed by atoms with Crippen molar-refractivity contribution in [3.8, 4) is 11.5 Å². The number of aromatic nitrogens is 1. The number of rotatable bonds is 8. The van der Waals surface area contributed by atoms with Gasteiger partial charge in [-0.1, -0.05) is 6.07 Å². The van der Waals surface area contributed by atoms with E-state index in [0.717, 1.165) is 0 Å². The number of methoxy groups -OCH3 is 2. The molecule has 0 aliphatic heterocycles. The van der Waals surface area contributed by atoms with Gasteiger partial charge in [-0.15, -0.1) is 20.5 Å². The van der Waals surface area contributed by atoms with Crippen LogP contribution in [0.2, 0.25) is 0 Å². The van der Waals surface area contributed by atoms with E-state index in [1.165, 1.54) is 14.2 Å². The summed E-state index contributed by atoms with van der Waals surface area (Å²) in [7, 11) is 3.00. The van der Waals surface area contributed by atoms with E-state index in [9.17, 15) is 9.59 Å². The molecule has 0 amide bonds. The van der Waals surface area contributed by atoms with Crippen molar-refractivity contribution in [3.63, 3.8) is 0 Å². The number of halogens is 2. The van der Waals surface area contributed by atoms with Gasteiger partial charge in [-0.25, -0.2) is 4.98 Å². The van der Waals surface area contributed by atoms with Gasteiger partial charge in [0.05, 0.1) is 14.2 Å². The Balaban J connectivity index is -0.00000205. The molecule has 0 atom stereocenters. The second-order valence-electron chi connectivity index (χ2n) is 5.85. The van der Waals surface area contributed by atoms with E-state index in [1.807, 2.05) is 0 Å². The topological polar surface area (TPSA) is 178 Å². The molecule has 2 aromatic carbocycles. The first kappa shape index (κ1) is 36.3. The van der Waals surface area contributed by atoms with Crippen molar-refractivity contribution in [2.45, 2.75) is 0 Å². The minimum absolute atomic E-state index is 0. The third-order valence-corrected chi connectivity index (χ3v) is 3.92. The van der Waals surface area contributed by atoms with Gasteiger partial charge in [0.25, 0.3) is 0 Å². The normalized spacial score (nSPS) is 9.43. The quantitative estimate of drug-likeness (QED) is 0.223. The number of aldehydes is 2. The van der Waals surface area contributed by atoms with E-state index in [1.54, 1.807) is 54.6 Å². The van der Waals surface area contributed by atoms with Crippen molar-refractivity contribution in [1.29, 1.82) is 0 Å². The van der Waals surface area contributed by atoms with Crippen molar-refractivity contribution >= 4 is 35.6 Å². The first-order valence-corrected chi connectivity index (χ1v) is 8.74. The van der Waals surface area contributed by atoms with Crippen LogP contribution in [0.4, 0.5) is 23.0 Å². The predicted octanol–water partition coefficient (Wildman–Crippen LogP) is -2.09. The molecule has 0 spiro atoms. The average molecular weight is 569 g/mol. The average Bonchev–Trinajstić information content (AvgIpc) is 2.81. The maximum atomic E-state index is 11.0. The molecule has 14 heteroatoms. The number of benzene rings is 2. The van der Waals surface area contributed by atoms with Crippen molar-refractivity contribution in [3.05, 3.63) is 65.7 Å². The summed E-state index contributed by atoms with van der Waals surface area (Å²) in [5.41, 5.74) is 1.69. The summed E-state index contributed by atoms with van der Waals surface area (Å²) in [6, 6.07) is 14.6. The van der Waals surface area contributed by atoms with Gasteiger partial charge in [-0.2, -0.15) is 0 Å². The van der Waals surface area contributed by atoms with Crippen LogP contribution < -0.4 is 34.3 Å². The summed E-state index contributed by atoms with van der Waals surface area (Å²) in [4.78, 5) is 26.2. The Morgan fingerprint density at radius 2 is 1.09 bits per heavy atom. The minimum atomic E-state index is 0. The summed E-state index contributed by atoms with van der Waals surface area (Å²) < 4.78 is 10.4. The Morgan fingerprint density at radius 1 is 0.686 bits per heavy atom. The van der Waals surface area contributed by atoms with Crippen molar-refractivity contribution in [2.75, 3.05) is 14.2 Å². The van der Waals surface area contributed by atoms with Crippen molar-refractivity contribution in [2.24, 2.45) is 20.5 Å². The first-order valence-electron chi connectivity index (χ1n) is 8.74. The minimum Gasteiger partial charge on any atom is -1.00 e. The molecule has 4 N–H and O–H groups in total. The van der Waals surface area contributed by atoms with Gasteiger partial charge in [-0.3, -0.25) is 9.59 Å². The fourth-order valence-electron chi connectivity index (χ4n) is 2.45. The van der Waals surface area contributed by atoms with Gasteiger partial charge in [0.1, 0.15) is 35.4 Å². The van der Waals surface area contributed by atoms with Gasteiger partial charge in [0, 0.05) is 11.1 Å². The molecule has 0 saturated heterocycles. The van der Waals surface area contributed by atoms with Crippen molar-refractivity contribution < 1.29 is 71.6 Å². The summed E-state index contributed by atoms with van der Waals surface area (Å²) in [5.74, 6) is 1.53. The van der Waals surface area contributed by atoms with Gasteiger partial charge < -0.3 is 45.2 Å². The van der Waals surface area contributed by atoms with Crippen molar-refractivity contribution in [1.82, 2.24) is 4.98 Å². The molecule has 189 valence electrons. The van der Waals surface area contributed by atoms with E-state index < -0.39 is 0 Å². The molecule has 11 nitrogen and oxygen atoms in total. The first-order chi connectivity index (χ1) is 14.7. The summed E-state index contributed by atoms with van der Waals surface area (Å²) in [6.07, 6.45) is 1.43. The van der Waals surface area contributed by atoms with Crippen LogP contribution >= 0.6 is 0 Å². The number of nitrogens with zero attached hydrogens (tertiary/aromatic N) is 5. The Morgan fingerprint density at radius 3 is 1.43 bits per heavy atom. The molecular formula is C21H21Cl2CoN5O6. The molecule has 1 aromatic heterocycles. The maximum Gasteiger partial charge on any atom is 2.00 e. The largest absolute Gasteiger partial charge is 2.00 e. The van der Waals surface area contributed by atoms with Crippen LogP contribution in [0.25, 0.3) is 0 Å². The summed E-state index contributed by atoms with van der Waals surface area (Å²) in [5, 5.41) is 16.4. The van der Waals surface area contributed by atoms with Crippen LogP contribution in [0, 0.1) is 0 Å². The molecule has 1 radical (unpaired) electrons.